The summed E-state index contributed by atoms with van der Waals surface area (Å²) in [6.45, 7) is 0.263. The van der Waals surface area contributed by atoms with Crippen molar-refractivity contribution in [2.75, 3.05) is 7.11 Å². The smallest absolute Gasteiger partial charge is 0.230 e. The lowest BCUT2D eigenvalue weighted by Gasteiger charge is -2.13. The maximum atomic E-state index is 9.48. The molecule has 2 N–H and O–H groups in total. The van der Waals surface area contributed by atoms with Gasteiger partial charge in [0, 0.05) is 6.20 Å². The van der Waals surface area contributed by atoms with Crippen LogP contribution in [0.1, 0.15) is 11.3 Å². The van der Waals surface area contributed by atoms with E-state index in [1.807, 2.05) is 12.1 Å². The molecule has 0 aliphatic heterocycles. The highest BCUT2D eigenvalue weighted by molar-refractivity contribution is 6.00. The van der Waals surface area contributed by atoms with Crippen molar-refractivity contribution in [1.82, 2.24) is 10.5 Å². The Bertz CT molecular complexity index is 847. The molecule has 0 radical (unpaired) electrons. The number of rotatable bonds is 6. The first-order chi connectivity index (χ1) is 12.3. The van der Waals surface area contributed by atoms with Gasteiger partial charge in [-0.05, 0) is 36.4 Å². The standard InChI is InChI=1S/C18H17N3O4/c1-23-15-8-2-3-9-16(15)25-18-14(7-4-10-19-18)17(21-22)20-12-13-6-5-11-24-13/h2-11,22H,12H2,1H3,(H,20,21). The quantitative estimate of drug-likeness (QED) is 0.406. The number of amidine groups is 1. The molecule has 0 spiro atoms. The van der Waals surface area contributed by atoms with Crippen molar-refractivity contribution in [1.29, 1.82) is 0 Å². The van der Waals surface area contributed by atoms with Crippen molar-refractivity contribution in [2.45, 2.75) is 6.54 Å². The van der Waals surface area contributed by atoms with Gasteiger partial charge in [0.15, 0.2) is 17.3 Å². The molecule has 3 rings (SSSR count). The minimum Gasteiger partial charge on any atom is -0.493 e. The number of nitrogens with one attached hydrogen (secondary N) is 1. The second kappa shape index (κ2) is 7.98. The molecule has 0 aliphatic rings. The van der Waals surface area contributed by atoms with E-state index in [-0.39, 0.29) is 18.3 Å². The first-order valence-corrected chi connectivity index (χ1v) is 7.55. The van der Waals surface area contributed by atoms with E-state index in [0.717, 1.165) is 0 Å². The largest absolute Gasteiger partial charge is 0.493 e. The zero-order valence-corrected chi connectivity index (χ0v) is 13.5. The molecule has 0 fully saturated rings. The van der Waals surface area contributed by atoms with Crippen LogP contribution < -0.4 is 15.0 Å². The molecule has 25 heavy (non-hydrogen) atoms. The van der Waals surface area contributed by atoms with Gasteiger partial charge in [0.25, 0.3) is 0 Å². The fraction of sp³-hybridized carbons (Fsp3) is 0.111. The van der Waals surface area contributed by atoms with Crippen LogP contribution in [0, 0.1) is 0 Å². The molecule has 0 saturated carbocycles. The number of hydrogen-bond acceptors (Lipinski definition) is 6. The van der Waals surface area contributed by atoms with Gasteiger partial charge in [-0.15, -0.1) is 0 Å². The van der Waals surface area contributed by atoms with Gasteiger partial charge in [0.1, 0.15) is 5.76 Å². The molecule has 2 aromatic heterocycles. The van der Waals surface area contributed by atoms with Gasteiger partial charge in [-0.3, -0.25) is 15.7 Å². The zero-order chi connectivity index (χ0) is 17.5. The summed E-state index contributed by atoms with van der Waals surface area (Å²) in [4.78, 5) is 8.54. The summed E-state index contributed by atoms with van der Waals surface area (Å²) in [7, 11) is 1.56. The minimum atomic E-state index is 0.217. The van der Waals surface area contributed by atoms with Gasteiger partial charge < -0.3 is 13.9 Å². The summed E-state index contributed by atoms with van der Waals surface area (Å²) >= 11 is 0. The number of furan rings is 1. The summed E-state index contributed by atoms with van der Waals surface area (Å²) in [5, 5.41) is 9.48. The lowest BCUT2D eigenvalue weighted by atomic mass is 10.2. The summed E-state index contributed by atoms with van der Waals surface area (Å²) in [5.74, 6) is 2.25. The highest BCUT2D eigenvalue weighted by Gasteiger charge is 2.14. The monoisotopic (exact) mass is 339 g/mol. The van der Waals surface area contributed by atoms with Gasteiger partial charge >= 0.3 is 0 Å². The second-order valence-electron chi connectivity index (χ2n) is 4.97. The second-order valence-corrected chi connectivity index (χ2v) is 4.97. The number of aliphatic imine (C=N–C) groups is 1. The van der Waals surface area contributed by atoms with Crippen LogP contribution in [0.2, 0.25) is 0 Å². The maximum absolute atomic E-state index is 9.48. The molecule has 3 aromatic rings. The van der Waals surface area contributed by atoms with Gasteiger partial charge in [-0.25, -0.2) is 4.98 Å². The Balaban J connectivity index is 1.90. The topological polar surface area (TPSA) is 89.1 Å². The molecule has 1 aromatic carbocycles. The third-order valence-corrected chi connectivity index (χ3v) is 3.38. The molecule has 0 saturated heterocycles. The SMILES string of the molecule is COc1ccccc1Oc1ncccc1C(=NCc1ccco1)NO. The van der Waals surface area contributed by atoms with Crippen molar-refractivity contribution in [3.8, 4) is 17.4 Å². The Morgan fingerprint density at radius 1 is 1.16 bits per heavy atom. The zero-order valence-electron chi connectivity index (χ0n) is 13.5. The lowest BCUT2D eigenvalue weighted by molar-refractivity contribution is 0.234. The van der Waals surface area contributed by atoms with Crippen LogP contribution >= 0.6 is 0 Å². The van der Waals surface area contributed by atoms with Gasteiger partial charge in [-0.2, -0.15) is 0 Å². The van der Waals surface area contributed by atoms with Gasteiger partial charge in [0.05, 0.1) is 25.5 Å². The van der Waals surface area contributed by atoms with Crippen molar-refractivity contribution in [3.05, 3.63) is 72.3 Å². The Hall–Kier alpha value is -3.32. The maximum Gasteiger partial charge on any atom is 0.230 e. The fourth-order valence-electron chi connectivity index (χ4n) is 2.20. The number of para-hydroxylation sites is 2. The van der Waals surface area contributed by atoms with Crippen LogP contribution in [0.5, 0.6) is 17.4 Å². The predicted octanol–water partition coefficient (Wildman–Crippen LogP) is 3.40. The van der Waals surface area contributed by atoms with Crippen LogP contribution in [0.15, 0.2) is 70.4 Å². The van der Waals surface area contributed by atoms with E-state index in [9.17, 15) is 5.21 Å². The van der Waals surface area contributed by atoms with Crippen molar-refractivity contribution in [2.24, 2.45) is 4.99 Å². The molecular formula is C18H17N3O4. The number of ether oxygens (including phenoxy) is 2. The van der Waals surface area contributed by atoms with E-state index in [1.54, 1.807) is 56.0 Å². The Kier molecular flexibility index (Phi) is 5.28. The molecule has 7 heteroatoms. The molecule has 128 valence electrons. The fourth-order valence-corrected chi connectivity index (χ4v) is 2.20. The molecule has 2 heterocycles. The number of benzene rings is 1. The van der Waals surface area contributed by atoms with Crippen molar-refractivity contribution in [3.63, 3.8) is 0 Å². The molecule has 7 nitrogen and oxygen atoms in total. The number of methoxy groups -OCH3 is 1. The van der Waals surface area contributed by atoms with Crippen LogP contribution in [0.25, 0.3) is 0 Å². The Morgan fingerprint density at radius 2 is 2.00 bits per heavy atom. The van der Waals surface area contributed by atoms with Crippen LogP contribution in [0.4, 0.5) is 0 Å². The summed E-state index contributed by atoms with van der Waals surface area (Å²) in [6.07, 6.45) is 3.16. The Morgan fingerprint density at radius 3 is 2.72 bits per heavy atom. The van der Waals surface area contributed by atoms with E-state index >= 15 is 0 Å². The van der Waals surface area contributed by atoms with E-state index < -0.39 is 0 Å². The first-order valence-electron chi connectivity index (χ1n) is 7.55. The van der Waals surface area contributed by atoms with Crippen LogP contribution in [-0.4, -0.2) is 23.1 Å². The predicted molar refractivity (Wildman–Crippen MR) is 91.2 cm³/mol. The third kappa shape index (κ3) is 3.96. The van der Waals surface area contributed by atoms with Crippen molar-refractivity contribution >= 4 is 5.84 Å². The normalized spacial score (nSPS) is 11.2. The molecule has 0 atom stereocenters. The average Bonchev–Trinajstić information content (AvgIpc) is 3.17. The average molecular weight is 339 g/mol. The number of aromatic nitrogens is 1. The number of hydroxylamine groups is 1. The minimum absolute atomic E-state index is 0.217. The summed E-state index contributed by atoms with van der Waals surface area (Å²) < 4.78 is 16.4. The number of hydrogen-bond donors (Lipinski definition) is 2. The molecule has 0 bridgehead atoms. The van der Waals surface area contributed by atoms with E-state index in [1.165, 1.54) is 0 Å². The molecule has 0 aliphatic carbocycles. The van der Waals surface area contributed by atoms with E-state index in [2.05, 4.69) is 15.5 Å². The highest BCUT2D eigenvalue weighted by atomic mass is 16.5. The van der Waals surface area contributed by atoms with Crippen LogP contribution in [-0.2, 0) is 6.54 Å². The van der Waals surface area contributed by atoms with Crippen molar-refractivity contribution < 1.29 is 19.1 Å². The Labute approximate surface area is 144 Å². The molecule has 0 unspecified atom stereocenters. The number of nitrogens with zero attached hydrogens (tertiary/aromatic N) is 2. The first kappa shape index (κ1) is 16.5. The van der Waals surface area contributed by atoms with Gasteiger partial charge in [-0.1, -0.05) is 12.1 Å². The van der Waals surface area contributed by atoms with E-state index in [4.69, 9.17) is 13.9 Å². The summed E-state index contributed by atoms with van der Waals surface area (Å²) in [6, 6.07) is 14.3. The van der Waals surface area contributed by atoms with Gasteiger partial charge in [0.2, 0.25) is 5.88 Å². The molecular weight excluding hydrogens is 322 g/mol. The third-order valence-electron chi connectivity index (χ3n) is 3.38. The molecule has 0 amide bonds. The lowest BCUT2D eigenvalue weighted by Crippen LogP contribution is -2.21. The number of pyridine rings is 1. The van der Waals surface area contributed by atoms with E-state index in [0.29, 0.717) is 22.8 Å². The highest BCUT2D eigenvalue weighted by Crippen LogP contribution is 2.31. The summed E-state index contributed by atoms with van der Waals surface area (Å²) in [5.41, 5.74) is 2.59. The van der Waals surface area contributed by atoms with Crippen LogP contribution in [0.3, 0.4) is 0 Å².